The molecule has 0 unspecified atom stereocenters. The zero-order valence-corrected chi connectivity index (χ0v) is 17.8. The number of amides is 1. The molecule has 7 nitrogen and oxygen atoms in total. The molecule has 0 heterocycles. The Morgan fingerprint density at radius 1 is 0.963 bits per heavy atom. The highest BCUT2D eigenvalue weighted by molar-refractivity contribution is 5.73. The highest BCUT2D eigenvalue weighted by atomic mass is 16.7. The average molecular weight is 388 g/mol. The van der Waals surface area contributed by atoms with Gasteiger partial charge in [-0.05, 0) is 24.7 Å². The minimum absolute atomic E-state index is 0.0221. The van der Waals surface area contributed by atoms with Crippen molar-refractivity contribution in [2.75, 3.05) is 6.54 Å². The first-order valence-electron chi connectivity index (χ1n) is 9.85. The van der Waals surface area contributed by atoms with E-state index in [0.717, 1.165) is 12.8 Å². The summed E-state index contributed by atoms with van der Waals surface area (Å²) in [7, 11) is 0. The fourth-order valence-corrected chi connectivity index (χ4v) is 2.67. The number of carbonyl (C=O) groups is 3. The van der Waals surface area contributed by atoms with E-state index in [1.54, 1.807) is 27.7 Å². The number of carbonyl (C=O) groups excluding carboxylic acids is 2. The molecule has 0 aliphatic rings. The number of nitrogens with one attached hydrogen (secondary N) is 1. The van der Waals surface area contributed by atoms with Gasteiger partial charge < -0.3 is 19.9 Å². The number of ether oxygens (including phenoxy) is 2. The third-order valence-electron chi connectivity index (χ3n) is 4.31. The Bertz CT molecular complexity index is 475. The van der Waals surface area contributed by atoms with Crippen molar-refractivity contribution in [3.05, 3.63) is 0 Å². The van der Waals surface area contributed by atoms with Crippen molar-refractivity contribution in [2.45, 2.75) is 74.0 Å². The number of esters is 1. The molecule has 0 saturated carbocycles. The van der Waals surface area contributed by atoms with Gasteiger partial charge in [-0.1, -0.05) is 54.9 Å². The molecule has 0 aliphatic carbocycles. The number of carboxylic acid groups (broad SMARTS) is 1. The van der Waals surface area contributed by atoms with Crippen molar-refractivity contribution in [1.29, 1.82) is 0 Å². The van der Waals surface area contributed by atoms with Gasteiger partial charge in [0.1, 0.15) is 0 Å². The first-order chi connectivity index (χ1) is 12.5. The van der Waals surface area contributed by atoms with Gasteiger partial charge in [-0.15, -0.1) is 0 Å². The maximum absolute atomic E-state index is 12.1. The largest absolute Gasteiger partial charge is 0.481 e. The molecule has 0 aromatic carbocycles. The molecule has 0 aromatic rings. The minimum Gasteiger partial charge on any atom is -0.481 e. The molecule has 0 rings (SSSR count). The second kappa shape index (κ2) is 12.6. The second-order valence-corrected chi connectivity index (χ2v) is 8.16. The lowest BCUT2D eigenvalue weighted by atomic mass is 9.86. The van der Waals surface area contributed by atoms with Crippen LogP contribution < -0.4 is 5.32 Å². The molecule has 1 amide bonds. The lowest BCUT2D eigenvalue weighted by Gasteiger charge is -2.24. The Morgan fingerprint density at radius 2 is 1.56 bits per heavy atom. The molecule has 2 N–H and O–H groups in total. The Labute approximate surface area is 163 Å². The quantitative estimate of drug-likeness (QED) is 0.387. The molecule has 0 aliphatic heterocycles. The average Bonchev–Trinajstić information content (AvgIpc) is 2.55. The molecule has 0 aromatic heterocycles. The molecule has 0 spiro atoms. The molecule has 158 valence electrons. The normalized spacial score (nSPS) is 14.7. The van der Waals surface area contributed by atoms with E-state index in [0.29, 0.717) is 18.3 Å². The van der Waals surface area contributed by atoms with Gasteiger partial charge >= 0.3 is 18.0 Å². The molecule has 0 fully saturated rings. The number of hydrogen-bond acceptors (Lipinski definition) is 5. The van der Waals surface area contributed by atoms with Crippen LogP contribution in [0.2, 0.25) is 0 Å². The third kappa shape index (κ3) is 10.8. The summed E-state index contributed by atoms with van der Waals surface area (Å²) in [6.45, 7) is 13.2. The van der Waals surface area contributed by atoms with Gasteiger partial charge in [0.25, 0.3) is 6.29 Å². The van der Waals surface area contributed by atoms with Gasteiger partial charge in [-0.3, -0.25) is 9.59 Å². The summed E-state index contributed by atoms with van der Waals surface area (Å²) in [6.07, 6.45) is 0.555. The lowest BCUT2D eigenvalue weighted by molar-refractivity contribution is -0.178. The van der Waals surface area contributed by atoms with Crippen LogP contribution >= 0.6 is 0 Å². The third-order valence-corrected chi connectivity index (χ3v) is 4.31. The maximum Gasteiger partial charge on any atom is 0.410 e. The van der Waals surface area contributed by atoms with Crippen molar-refractivity contribution in [3.8, 4) is 0 Å². The van der Waals surface area contributed by atoms with Crippen LogP contribution in [0, 0.1) is 29.6 Å². The molecule has 27 heavy (non-hydrogen) atoms. The van der Waals surface area contributed by atoms with Crippen LogP contribution in [0.15, 0.2) is 0 Å². The van der Waals surface area contributed by atoms with Crippen LogP contribution in [0.4, 0.5) is 4.79 Å². The summed E-state index contributed by atoms with van der Waals surface area (Å²) in [4.78, 5) is 35.3. The Balaban J connectivity index is 4.70. The summed E-state index contributed by atoms with van der Waals surface area (Å²) < 4.78 is 10.4. The first-order valence-corrected chi connectivity index (χ1v) is 9.85. The van der Waals surface area contributed by atoms with E-state index < -0.39 is 30.2 Å². The van der Waals surface area contributed by atoms with Crippen molar-refractivity contribution in [2.24, 2.45) is 29.6 Å². The number of alkyl carbamates (subject to hydrolysis) is 1. The highest BCUT2D eigenvalue weighted by Gasteiger charge is 2.26. The van der Waals surface area contributed by atoms with Crippen LogP contribution in [0.3, 0.4) is 0 Å². The van der Waals surface area contributed by atoms with E-state index in [1.807, 2.05) is 6.92 Å². The van der Waals surface area contributed by atoms with E-state index in [4.69, 9.17) is 9.47 Å². The summed E-state index contributed by atoms with van der Waals surface area (Å²) in [5.74, 6) is -1.85. The van der Waals surface area contributed by atoms with Crippen molar-refractivity contribution in [1.82, 2.24) is 5.32 Å². The van der Waals surface area contributed by atoms with E-state index in [2.05, 4.69) is 19.2 Å². The molecule has 3 atom stereocenters. The molecule has 0 bridgehead atoms. The zero-order valence-electron chi connectivity index (χ0n) is 17.8. The lowest BCUT2D eigenvalue weighted by Crippen LogP contribution is -2.39. The van der Waals surface area contributed by atoms with Crippen molar-refractivity contribution in [3.63, 3.8) is 0 Å². The van der Waals surface area contributed by atoms with Crippen LogP contribution in [0.1, 0.15) is 67.7 Å². The van der Waals surface area contributed by atoms with Gasteiger partial charge in [-0.2, -0.15) is 0 Å². The van der Waals surface area contributed by atoms with E-state index in [9.17, 15) is 19.5 Å². The monoisotopic (exact) mass is 387 g/mol. The second-order valence-electron chi connectivity index (χ2n) is 8.16. The van der Waals surface area contributed by atoms with Gasteiger partial charge in [-0.25, -0.2) is 4.79 Å². The molecule has 0 saturated heterocycles. The SMILES string of the molecule is CC[C@@H](CC(C)C)C[C@@H](CNC(=O)O[C@H](OC(=O)C(C)C)C(C)C)C(=O)O. The van der Waals surface area contributed by atoms with Gasteiger partial charge in [0.15, 0.2) is 0 Å². The fourth-order valence-electron chi connectivity index (χ4n) is 2.67. The molecular formula is C20H37NO6. The van der Waals surface area contributed by atoms with Crippen LogP contribution in [-0.4, -0.2) is 36.0 Å². The minimum atomic E-state index is -1.01. The maximum atomic E-state index is 12.1. The van der Waals surface area contributed by atoms with Crippen molar-refractivity contribution >= 4 is 18.0 Å². The van der Waals surface area contributed by atoms with Crippen molar-refractivity contribution < 1.29 is 29.0 Å². The molecule has 0 radical (unpaired) electrons. The predicted molar refractivity (Wildman–Crippen MR) is 103 cm³/mol. The van der Waals surface area contributed by atoms with Gasteiger partial charge in [0, 0.05) is 12.5 Å². The van der Waals surface area contributed by atoms with Crippen LogP contribution in [0.5, 0.6) is 0 Å². The summed E-state index contributed by atoms with van der Waals surface area (Å²) in [5.41, 5.74) is 0. The number of carboxylic acids is 1. The molecular weight excluding hydrogens is 350 g/mol. The van der Waals surface area contributed by atoms with E-state index in [1.165, 1.54) is 0 Å². The number of hydrogen-bond donors (Lipinski definition) is 2. The number of aliphatic carboxylic acids is 1. The fraction of sp³-hybridized carbons (Fsp3) is 0.850. The predicted octanol–water partition coefficient (Wildman–Crippen LogP) is 4.06. The summed E-state index contributed by atoms with van der Waals surface area (Å²) in [6, 6.07) is 0. The highest BCUT2D eigenvalue weighted by Crippen LogP contribution is 2.23. The Morgan fingerprint density at radius 3 is 1.96 bits per heavy atom. The van der Waals surface area contributed by atoms with E-state index in [-0.39, 0.29) is 18.4 Å². The summed E-state index contributed by atoms with van der Waals surface area (Å²) >= 11 is 0. The first kappa shape index (κ1) is 25.2. The topological polar surface area (TPSA) is 102 Å². The molecule has 7 heteroatoms. The van der Waals surface area contributed by atoms with Crippen LogP contribution in [-0.2, 0) is 19.1 Å². The van der Waals surface area contributed by atoms with Gasteiger partial charge in [0.2, 0.25) is 0 Å². The smallest absolute Gasteiger partial charge is 0.410 e. The standard InChI is InChI=1S/C20H37NO6/c1-8-15(9-12(2)3)10-16(17(22)23)11-21-20(25)27-19(14(6)7)26-18(24)13(4)5/h12-16,19H,8-11H2,1-7H3,(H,21,25)(H,22,23)/t15-,16-,19-/m0/s1. The number of rotatable bonds is 12. The Kier molecular flexibility index (Phi) is 11.7. The Hall–Kier alpha value is -1.79. The summed E-state index contributed by atoms with van der Waals surface area (Å²) in [5, 5.41) is 12.0. The van der Waals surface area contributed by atoms with E-state index >= 15 is 0 Å². The van der Waals surface area contributed by atoms with Crippen LogP contribution in [0.25, 0.3) is 0 Å². The van der Waals surface area contributed by atoms with Gasteiger partial charge in [0.05, 0.1) is 11.8 Å². The zero-order chi connectivity index (χ0) is 21.1.